The van der Waals surface area contributed by atoms with Gasteiger partial charge in [0.1, 0.15) is 11.9 Å². The Kier molecular flexibility index (Phi) is 3.12. The van der Waals surface area contributed by atoms with Crippen LogP contribution >= 0.6 is 15.9 Å². The van der Waals surface area contributed by atoms with Crippen molar-refractivity contribution in [2.45, 2.75) is 12.5 Å². The lowest BCUT2D eigenvalue weighted by Gasteiger charge is -2.13. The SMILES string of the molecule is Nc1cc(Br)ccc1OC1CCS(=O)(=O)C1. The molecule has 1 aliphatic rings. The second-order valence-corrected chi connectivity index (χ2v) is 6.97. The van der Waals surface area contributed by atoms with Gasteiger partial charge in [-0.15, -0.1) is 0 Å². The molecule has 0 amide bonds. The van der Waals surface area contributed by atoms with Crippen LogP contribution in [0, 0.1) is 0 Å². The quantitative estimate of drug-likeness (QED) is 0.843. The maximum atomic E-state index is 11.3. The van der Waals surface area contributed by atoms with Crippen molar-refractivity contribution < 1.29 is 13.2 Å². The van der Waals surface area contributed by atoms with E-state index in [1.807, 2.05) is 6.07 Å². The Morgan fingerprint density at radius 2 is 2.19 bits per heavy atom. The van der Waals surface area contributed by atoms with E-state index in [1.165, 1.54) is 0 Å². The molecule has 2 rings (SSSR count). The maximum absolute atomic E-state index is 11.3. The number of halogens is 1. The number of hydrogen-bond acceptors (Lipinski definition) is 4. The van der Waals surface area contributed by atoms with Gasteiger partial charge in [-0.1, -0.05) is 15.9 Å². The predicted molar refractivity (Wildman–Crippen MR) is 66.2 cm³/mol. The standard InChI is InChI=1S/C10H12BrNO3S/c11-7-1-2-10(9(12)5-7)15-8-3-4-16(13,14)6-8/h1-2,5,8H,3-4,6,12H2. The number of nitrogens with two attached hydrogens (primary N) is 1. The van der Waals surface area contributed by atoms with Gasteiger partial charge in [-0.25, -0.2) is 8.42 Å². The third-order valence-corrected chi connectivity index (χ3v) is 4.69. The van der Waals surface area contributed by atoms with Gasteiger partial charge >= 0.3 is 0 Å². The molecule has 0 spiro atoms. The van der Waals surface area contributed by atoms with E-state index in [1.54, 1.807) is 12.1 Å². The largest absolute Gasteiger partial charge is 0.487 e. The molecule has 1 atom stereocenters. The number of anilines is 1. The summed E-state index contributed by atoms with van der Waals surface area (Å²) in [6, 6.07) is 5.29. The second kappa shape index (κ2) is 4.25. The van der Waals surface area contributed by atoms with E-state index in [0.29, 0.717) is 17.9 Å². The molecule has 1 unspecified atom stereocenters. The summed E-state index contributed by atoms with van der Waals surface area (Å²) in [6.45, 7) is 0. The molecule has 0 bridgehead atoms. The third kappa shape index (κ3) is 2.68. The van der Waals surface area contributed by atoms with E-state index in [4.69, 9.17) is 10.5 Å². The van der Waals surface area contributed by atoms with Crippen molar-refractivity contribution in [3.63, 3.8) is 0 Å². The Labute approximate surface area is 103 Å². The molecule has 16 heavy (non-hydrogen) atoms. The fourth-order valence-corrected chi connectivity index (χ4v) is 3.63. The first-order valence-corrected chi connectivity index (χ1v) is 7.50. The Morgan fingerprint density at radius 3 is 2.75 bits per heavy atom. The smallest absolute Gasteiger partial charge is 0.154 e. The Bertz CT molecular complexity index is 501. The first-order chi connectivity index (χ1) is 7.46. The number of benzene rings is 1. The topological polar surface area (TPSA) is 69.4 Å². The third-order valence-electron chi connectivity index (χ3n) is 2.46. The van der Waals surface area contributed by atoms with Crippen LogP contribution in [0.4, 0.5) is 5.69 Å². The van der Waals surface area contributed by atoms with Crippen molar-refractivity contribution in [2.24, 2.45) is 0 Å². The van der Waals surface area contributed by atoms with Gasteiger partial charge in [0.25, 0.3) is 0 Å². The van der Waals surface area contributed by atoms with Crippen molar-refractivity contribution in [2.75, 3.05) is 17.2 Å². The minimum Gasteiger partial charge on any atom is -0.487 e. The molecule has 6 heteroatoms. The van der Waals surface area contributed by atoms with Crippen LogP contribution in [0.1, 0.15) is 6.42 Å². The molecule has 1 aromatic rings. The fourth-order valence-electron chi connectivity index (χ4n) is 1.66. The molecule has 88 valence electrons. The molecule has 1 heterocycles. The van der Waals surface area contributed by atoms with Crippen LogP contribution in [-0.2, 0) is 9.84 Å². The van der Waals surface area contributed by atoms with E-state index < -0.39 is 9.84 Å². The van der Waals surface area contributed by atoms with Crippen LogP contribution in [0.2, 0.25) is 0 Å². The van der Waals surface area contributed by atoms with Gasteiger partial charge in [-0.3, -0.25) is 0 Å². The zero-order valence-electron chi connectivity index (χ0n) is 8.52. The molecule has 1 aliphatic heterocycles. The highest BCUT2D eigenvalue weighted by Crippen LogP contribution is 2.28. The fraction of sp³-hybridized carbons (Fsp3) is 0.400. The van der Waals surface area contributed by atoms with Crippen molar-refractivity contribution in [1.29, 1.82) is 0 Å². The van der Waals surface area contributed by atoms with Gasteiger partial charge in [-0.05, 0) is 24.6 Å². The average Bonchev–Trinajstić information content (AvgIpc) is 2.51. The average molecular weight is 306 g/mol. The van der Waals surface area contributed by atoms with Gasteiger partial charge in [0, 0.05) is 4.47 Å². The van der Waals surface area contributed by atoms with Crippen LogP contribution in [0.25, 0.3) is 0 Å². The van der Waals surface area contributed by atoms with Crippen LogP contribution in [0.15, 0.2) is 22.7 Å². The highest BCUT2D eigenvalue weighted by Gasteiger charge is 2.29. The van der Waals surface area contributed by atoms with Gasteiger partial charge in [0.15, 0.2) is 9.84 Å². The van der Waals surface area contributed by atoms with Crippen LogP contribution in [-0.4, -0.2) is 26.0 Å². The summed E-state index contributed by atoms with van der Waals surface area (Å²) in [5, 5.41) is 0. The zero-order chi connectivity index (χ0) is 11.8. The van der Waals surface area contributed by atoms with Crippen LogP contribution in [0.5, 0.6) is 5.75 Å². The first-order valence-electron chi connectivity index (χ1n) is 4.88. The summed E-state index contributed by atoms with van der Waals surface area (Å²) in [4.78, 5) is 0. The van der Waals surface area contributed by atoms with E-state index in [0.717, 1.165) is 4.47 Å². The van der Waals surface area contributed by atoms with E-state index in [2.05, 4.69) is 15.9 Å². The summed E-state index contributed by atoms with van der Waals surface area (Å²) >= 11 is 3.30. The number of rotatable bonds is 2. The molecule has 4 nitrogen and oxygen atoms in total. The zero-order valence-corrected chi connectivity index (χ0v) is 10.9. The Hall–Kier alpha value is -0.750. The normalized spacial score (nSPS) is 23.2. The summed E-state index contributed by atoms with van der Waals surface area (Å²) in [7, 11) is -2.91. The number of sulfone groups is 1. The molecule has 0 aliphatic carbocycles. The van der Waals surface area contributed by atoms with E-state index in [9.17, 15) is 8.42 Å². The van der Waals surface area contributed by atoms with Crippen molar-refractivity contribution >= 4 is 31.5 Å². The number of nitrogen functional groups attached to an aromatic ring is 1. The molecule has 2 N–H and O–H groups in total. The Morgan fingerprint density at radius 1 is 1.44 bits per heavy atom. The molecule has 0 radical (unpaired) electrons. The first kappa shape index (κ1) is 11.7. The van der Waals surface area contributed by atoms with Gasteiger partial charge < -0.3 is 10.5 Å². The highest BCUT2D eigenvalue weighted by molar-refractivity contribution is 9.10. The summed E-state index contributed by atoms with van der Waals surface area (Å²) in [5.74, 6) is 0.835. The summed E-state index contributed by atoms with van der Waals surface area (Å²) < 4.78 is 28.9. The number of ether oxygens (including phenoxy) is 1. The molecule has 1 aromatic carbocycles. The van der Waals surface area contributed by atoms with Gasteiger partial charge in [-0.2, -0.15) is 0 Å². The van der Waals surface area contributed by atoms with Gasteiger partial charge in [0.2, 0.25) is 0 Å². The minimum absolute atomic E-state index is 0.0858. The van der Waals surface area contributed by atoms with Gasteiger partial charge in [0.05, 0.1) is 17.2 Å². The van der Waals surface area contributed by atoms with Crippen molar-refractivity contribution in [1.82, 2.24) is 0 Å². The van der Waals surface area contributed by atoms with Crippen molar-refractivity contribution in [3.05, 3.63) is 22.7 Å². The maximum Gasteiger partial charge on any atom is 0.154 e. The minimum atomic E-state index is -2.91. The number of hydrogen-bond donors (Lipinski definition) is 1. The lowest BCUT2D eigenvalue weighted by molar-refractivity contribution is 0.230. The summed E-state index contributed by atoms with van der Waals surface area (Å²) in [6.07, 6.45) is 0.270. The second-order valence-electron chi connectivity index (χ2n) is 3.83. The summed E-state index contributed by atoms with van der Waals surface area (Å²) in [5.41, 5.74) is 6.28. The van der Waals surface area contributed by atoms with E-state index in [-0.39, 0.29) is 17.6 Å². The Balaban J connectivity index is 2.11. The molecule has 0 saturated carbocycles. The molecule has 0 aromatic heterocycles. The molecule has 1 fully saturated rings. The molecular weight excluding hydrogens is 294 g/mol. The highest BCUT2D eigenvalue weighted by atomic mass is 79.9. The van der Waals surface area contributed by atoms with Crippen LogP contribution in [0.3, 0.4) is 0 Å². The van der Waals surface area contributed by atoms with E-state index >= 15 is 0 Å². The molecule has 1 saturated heterocycles. The lowest BCUT2D eigenvalue weighted by Crippen LogP contribution is -2.18. The van der Waals surface area contributed by atoms with Crippen LogP contribution < -0.4 is 10.5 Å². The predicted octanol–water partition coefficient (Wildman–Crippen LogP) is 1.60. The molecular formula is C10H12BrNO3S. The van der Waals surface area contributed by atoms with Crippen molar-refractivity contribution in [3.8, 4) is 5.75 Å². The monoisotopic (exact) mass is 305 g/mol. The lowest BCUT2D eigenvalue weighted by atomic mass is 10.3.